The normalized spacial score (nSPS) is 19.3. The van der Waals surface area contributed by atoms with Gasteiger partial charge in [-0.15, -0.1) is 0 Å². The summed E-state index contributed by atoms with van der Waals surface area (Å²) in [6, 6.07) is 8.83. The molecule has 2 aliphatic rings. The zero-order valence-corrected chi connectivity index (χ0v) is 15.9. The van der Waals surface area contributed by atoms with Gasteiger partial charge in [0, 0.05) is 29.8 Å². The summed E-state index contributed by atoms with van der Waals surface area (Å²) in [7, 11) is 0. The Morgan fingerprint density at radius 1 is 1.15 bits per heavy atom. The van der Waals surface area contributed by atoms with Gasteiger partial charge in [-0.2, -0.15) is 4.99 Å². The quantitative estimate of drug-likeness (QED) is 0.681. The van der Waals surface area contributed by atoms with Gasteiger partial charge in [0.1, 0.15) is 11.5 Å². The predicted molar refractivity (Wildman–Crippen MR) is 105 cm³/mol. The van der Waals surface area contributed by atoms with Crippen LogP contribution in [-0.2, 0) is 9.53 Å². The predicted octanol–water partition coefficient (Wildman–Crippen LogP) is 4.56. The van der Waals surface area contributed by atoms with Gasteiger partial charge in [0.05, 0.1) is 23.1 Å². The minimum atomic E-state index is -0.251. The maximum Gasteiger partial charge on any atom is 0.286 e. The Hall–Kier alpha value is -1.73. The van der Waals surface area contributed by atoms with Crippen LogP contribution in [0.1, 0.15) is 5.76 Å². The van der Waals surface area contributed by atoms with E-state index in [0.29, 0.717) is 39.7 Å². The molecule has 0 radical (unpaired) electrons. The average molecular weight is 409 g/mol. The van der Waals surface area contributed by atoms with Gasteiger partial charge in [-0.05, 0) is 42.1 Å². The third-order valence-electron chi connectivity index (χ3n) is 3.99. The number of rotatable bonds is 2. The average Bonchev–Trinajstić information content (AvgIpc) is 3.23. The maximum absolute atomic E-state index is 12.2. The van der Waals surface area contributed by atoms with E-state index in [0.717, 1.165) is 23.8 Å². The van der Waals surface area contributed by atoms with E-state index in [1.807, 2.05) is 6.07 Å². The monoisotopic (exact) mass is 408 g/mol. The molecule has 1 aromatic carbocycles. The Bertz CT molecular complexity index is 917. The summed E-state index contributed by atoms with van der Waals surface area (Å²) in [5.74, 6) is 0.933. The fourth-order valence-corrected chi connectivity index (χ4v) is 4.13. The number of carbonyl (C=O) groups is 1. The van der Waals surface area contributed by atoms with Crippen LogP contribution in [0.25, 0.3) is 17.4 Å². The van der Waals surface area contributed by atoms with Gasteiger partial charge in [0.25, 0.3) is 5.91 Å². The lowest BCUT2D eigenvalue weighted by molar-refractivity contribution is -0.113. The van der Waals surface area contributed by atoms with Gasteiger partial charge in [-0.25, -0.2) is 0 Å². The first-order valence-corrected chi connectivity index (χ1v) is 9.58. The largest absolute Gasteiger partial charge is 0.457 e. The summed E-state index contributed by atoms with van der Waals surface area (Å²) >= 11 is 13.5. The van der Waals surface area contributed by atoms with Crippen molar-refractivity contribution in [2.75, 3.05) is 26.3 Å². The first-order chi connectivity index (χ1) is 12.6. The minimum Gasteiger partial charge on any atom is -0.457 e. The van der Waals surface area contributed by atoms with Crippen LogP contribution in [0.3, 0.4) is 0 Å². The van der Waals surface area contributed by atoms with Crippen LogP contribution in [0.15, 0.2) is 44.6 Å². The summed E-state index contributed by atoms with van der Waals surface area (Å²) < 4.78 is 11.2. The number of nitrogens with zero attached hydrogens (tertiary/aromatic N) is 2. The van der Waals surface area contributed by atoms with Gasteiger partial charge in [-0.3, -0.25) is 4.79 Å². The van der Waals surface area contributed by atoms with E-state index in [1.54, 1.807) is 30.3 Å². The number of hydrogen-bond acceptors (Lipinski definition) is 5. The zero-order valence-electron chi connectivity index (χ0n) is 13.6. The minimum absolute atomic E-state index is 0.251. The third kappa shape index (κ3) is 3.69. The molecule has 8 heteroatoms. The Morgan fingerprint density at radius 3 is 2.73 bits per heavy atom. The van der Waals surface area contributed by atoms with E-state index >= 15 is 0 Å². The molecule has 5 nitrogen and oxygen atoms in total. The second kappa shape index (κ2) is 7.48. The first kappa shape index (κ1) is 17.7. The van der Waals surface area contributed by atoms with E-state index in [2.05, 4.69) is 9.89 Å². The summed E-state index contributed by atoms with van der Waals surface area (Å²) in [6.45, 7) is 2.78. The molecular formula is C18H14Cl2N2O3S. The number of amides is 1. The molecular weight excluding hydrogens is 395 g/mol. The number of carbonyl (C=O) groups excluding carboxylic acids is 1. The smallest absolute Gasteiger partial charge is 0.286 e. The highest BCUT2D eigenvalue weighted by atomic mass is 35.5. The Balaban J connectivity index is 1.52. The molecule has 3 heterocycles. The van der Waals surface area contributed by atoms with Crippen molar-refractivity contribution in [1.29, 1.82) is 0 Å². The zero-order chi connectivity index (χ0) is 18.1. The van der Waals surface area contributed by atoms with Gasteiger partial charge in [0.15, 0.2) is 5.17 Å². The van der Waals surface area contributed by atoms with Crippen molar-refractivity contribution in [2.45, 2.75) is 0 Å². The van der Waals surface area contributed by atoms with E-state index in [9.17, 15) is 4.79 Å². The van der Waals surface area contributed by atoms with E-state index in [-0.39, 0.29) is 5.91 Å². The lowest BCUT2D eigenvalue weighted by Gasteiger charge is -2.27. The molecule has 0 aliphatic carbocycles. The topological polar surface area (TPSA) is 55.0 Å². The molecule has 1 fully saturated rings. The van der Waals surface area contributed by atoms with Crippen LogP contribution in [0.2, 0.25) is 10.0 Å². The number of morpholine rings is 1. The highest BCUT2D eigenvalue weighted by molar-refractivity contribution is 8.18. The van der Waals surface area contributed by atoms with Crippen LogP contribution in [0, 0.1) is 0 Å². The van der Waals surface area contributed by atoms with Crippen molar-refractivity contribution in [3.05, 3.63) is 51.0 Å². The molecule has 1 aromatic heterocycles. The molecule has 0 saturated carbocycles. The van der Waals surface area contributed by atoms with Gasteiger partial charge >= 0.3 is 0 Å². The molecule has 134 valence electrons. The number of aliphatic imine (C=N–C) groups is 1. The third-order valence-corrected chi connectivity index (χ3v) is 5.58. The van der Waals surface area contributed by atoms with Crippen LogP contribution < -0.4 is 0 Å². The molecule has 1 saturated heterocycles. The highest BCUT2D eigenvalue weighted by Gasteiger charge is 2.27. The maximum atomic E-state index is 12.2. The second-order valence-corrected chi connectivity index (χ2v) is 7.59. The van der Waals surface area contributed by atoms with Crippen molar-refractivity contribution in [3.63, 3.8) is 0 Å². The van der Waals surface area contributed by atoms with E-state index in [4.69, 9.17) is 32.4 Å². The number of halogens is 2. The number of ether oxygens (including phenoxy) is 1. The first-order valence-electron chi connectivity index (χ1n) is 8.01. The number of benzene rings is 1. The molecule has 0 bridgehead atoms. The standard InChI is InChI=1S/C18H14Cl2N2O3S/c19-11-1-3-13(14(20)9-11)15-4-2-12(25-15)10-16-17(23)21-18(26-16)22-5-7-24-8-6-22/h1-4,9-10H,5-8H2/b16-10+. The Labute approximate surface area is 164 Å². The SMILES string of the molecule is O=C1N=C(N2CCOCC2)S/C1=C/c1ccc(-c2ccc(Cl)cc2Cl)o1. The summed E-state index contributed by atoms with van der Waals surface area (Å²) in [6.07, 6.45) is 1.71. The van der Waals surface area contributed by atoms with Crippen molar-refractivity contribution in [2.24, 2.45) is 4.99 Å². The van der Waals surface area contributed by atoms with Crippen molar-refractivity contribution < 1.29 is 13.9 Å². The van der Waals surface area contributed by atoms with Gasteiger partial charge < -0.3 is 14.1 Å². The van der Waals surface area contributed by atoms with E-state index < -0.39 is 0 Å². The van der Waals surface area contributed by atoms with Gasteiger partial charge in [0.2, 0.25) is 0 Å². The molecule has 0 atom stereocenters. The van der Waals surface area contributed by atoms with E-state index in [1.165, 1.54) is 11.8 Å². The molecule has 0 unspecified atom stereocenters. The van der Waals surface area contributed by atoms with Crippen LogP contribution in [0.4, 0.5) is 0 Å². The van der Waals surface area contributed by atoms with Crippen LogP contribution in [0.5, 0.6) is 0 Å². The number of furan rings is 1. The Kier molecular flexibility index (Phi) is 5.09. The van der Waals surface area contributed by atoms with Gasteiger partial charge in [-0.1, -0.05) is 23.2 Å². The molecule has 4 rings (SSSR count). The number of thioether (sulfide) groups is 1. The second-order valence-electron chi connectivity index (χ2n) is 5.74. The summed E-state index contributed by atoms with van der Waals surface area (Å²) in [5.41, 5.74) is 0.747. The van der Waals surface area contributed by atoms with Crippen molar-refractivity contribution in [1.82, 2.24) is 4.90 Å². The molecule has 2 aromatic rings. The Morgan fingerprint density at radius 2 is 1.96 bits per heavy atom. The lowest BCUT2D eigenvalue weighted by atomic mass is 10.2. The summed E-state index contributed by atoms with van der Waals surface area (Å²) in [5, 5.41) is 1.79. The van der Waals surface area contributed by atoms with Crippen LogP contribution in [-0.4, -0.2) is 42.3 Å². The number of amidine groups is 1. The summed E-state index contributed by atoms with van der Waals surface area (Å²) in [4.78, 5) is 18.9. The van der Waals surface area contributed by atoms with Crippen molar-refractivity contribution >= 4 is 52.1 Å². The number of hydrogen-bond donors (Lipinski definition) is 0. The molecule has 2 aliphatic heterocycles. The molecule has 0 spiro atoms. The fourth-order valence-electron chi connectivity index (χ4n) is 2.68. The lowest BCUT2D eigenvalue weighted by Crippen LogP contribution is -2.38. The molecule has 1 amide bonds. The van der Waals surface area contributed by atoms with Crippen LogP contribution >= 0.6 is 35.0 Å². The van der Waals surface area contributed by atoms with Crippen molar-refractivity contribution in [3.8, 4) is 11.3 Å². The molecule has 0 N–H and O–H groups in total. The highest BCUT2D eigenvalue weighted by Crippen LogP contribution is 2.34. The fraction of sp³-hybridized carbons (Fsp3) is 0.222. The molecule has 26 heavy (non-hydrogen) atoms.